The molecule has 1 saturated carbocycles. The van der Waals surface area contributed by atoms with Gasteiger partial charge in [0, 0.05) is 0 Å². The van der Waals surface area contributed by atoms with Crippen LogP contribution < -0.4 is 5.32 Å². The zero-order chi connectivity index (χ0) is 13.4. The summed E-state index contributed by atoms with van der Waals surface area (Å²) in [5.41, 5.74) is -0.714. The second kappa shape index (κ2) is 7.25. The predicted octanol–water partition coefficient (Wildman–Crippen LogP) is 3.38. The number of ether oxygens (including phenoxy) is 1. The highest BCUT2D eigenvalue weighted by molar-refractivity contribution is 5.69. The molecule has 18 heavy (non-hydrogen) atoms. The van der Waals surface area contributed by atoms with Gasteiger partial charge in [0.2, 0.25) is 0 Å². The van der Waals surface area contributed by atoms with Crippen LogP contribution in [0.15, 0.2) is 0 Å². The molecule has 0 radical (unpaired) electrons. The normalized spacial score (nSPS) is 19.4. The number of rotatable bonds is 3. The van der Waals surface area contributed by atoms with Gasteiger partial charge < -0.3 is 10.1 Å². The van der Waals surface area contributed by atoms with Crippen LogP contribution in [0.5, 0.6) is 0 Å². The SMILES string of the molecule is CC(C)COC(=O)NC1(C#N)CCCCCCC1. The Balaban J connectivity index is 2.52. The van der Waals surface area contributed by atoms with E-state index in [0.29, 0.717) is 12.5 Å². The van der Waals surface area contributed by atoms with Crippen LogP contribution in [-0.4, -0.2) is 18.2 Å². The van der Waals surface area contributed by atoms with Gasteiger partial charge in [-0.05, 0) is 18.8 Å². The maximum absolute atomic E-state index is 11.7. The van der Waals surface area contributed by atoms with Crippen molar-refractivity contribution in [3.8, 4) is 6.07 Å². The van der Waals surface area contributed by atoms with E-state index in [-0.39, 0.29) is 0 Å². The number of nitrogens with zero attached hydrogens (tertiary/aromatic N) is 1. The van der Waals surface area contributed by atoms with Crippen LogP contribution in [0.25, 0.3) is 0 Å². The highest BCUT2D eigenvalue weighted by atomic mass is 16.5. The summed E-state index contributed by atoms with van der Waals surface area (Å²) in [7, 11) is 0. The molecule has 1 fully saturated rings. The molecular formula is C14H24N2O2. The third-order valence-corrected chi connectivity index (χ3v) is 3.31. The highest BCUT2D eigenvalue weighted by Crippen LogP contribution is 2.25. The van der Waals surface area contributed by atoms with Crippen molar-refractivity contribution in [2.75, 3.05) is 6.61 Å². The molecule has 4 nitrogen and oxygen atoms in total. The Kier molecular flexibility index (Phi) is 5.97. The van der Waals surface area contributed by atoms with Crippen molar-refractivity contribution in [2.24, 2.45) is 5.92 Å². The van der Waals surface area contributed by atoms with E-state index in [1.807, 2.05) is 13.8 Å². The number of amides is 1. The zero-order valence-corrected chi connectivity index (χ0v) is 11.5. The van der Waals surface area contributed by atoms with Gasteiger partial charge >= 0.3 is 6.09 Å². The molecule has 1 amide bonds. The second-order valence-electron chi connectivity index (χ2n) is 5.58. The molecule has 1 aliphatic rings. The Hall–Kier alpha value is -1.24. The molecule has 102 valence electrons. The molecule has 0 heterocycles. The fourth-order valence-corrected chi connectivity index (χ4v) is 2.25. The fraction of sp³-hybridized carbons (Fsp3) is 0.857. The first kappa shape index (κ1) is 14.8. The molecule has 0 aromatic rings. The van der Waals surface area contributed by atoms with Gasteiger partial charge in [-0.1, -0.05) is 46.0 Å². The van der Waals surface area contributed by atoms with E-state index in [9.17, 15) is 10.1 Å². The van der Waals surface area contributed by atoms with E-state index in [0.717, 1.165) is 38.5 Å². The Morgan fingerprint density at radius 2 is 1.83 bits per heavy atom. The topological polar surface area (TPSA) is 62.1 Å². The van der Waals surface area contributed by atoms with Gasteiger partial charge in [0.15, 0.2) is 0 Å². The summed E-state index contributed by atoms with van der Waals surface area (Å²) in [5.74, 6) is 0.311. The predicted molar refractivity (Wildman–Crippen MR) is 70.0 cm³/mol. The van der Waals surface area contributed by atoms with Crippen molar-refractivity contribution in [2.45, 2.75) is 64.3 Å². The number of nitriles is 1. The molecule has 0 atom stereocenters. The van der Waals surface area contributed by atoms with Crippen molar-refractivity contribution in [3.05, 3.63) is 0 Å². The molecule has 0 aliphatic heterocycles. The van der Waals surface area contributed by atoms with E-state index in [4.69, 9.17) is 4.74 Å². The van der Waals surface area contributed by atoms with Crippen molar-refractivity contribution < 1.29 is 9.53 Å². The first-order chi connectivity index (χ1) is 8.58. The lowest BCUT2D eigenvalue weighted by Gasteiger charge is -2.29. The number of carbonyl (C=O) groups excluding carboxylic acids is 1. The van der Waals surface area contributed by atoms with E-state index < -0.39 is 11.6 Å². The lowest BCUT2D eigenvalue weighted by molar-refractivity contribution is 0.122. The third-order valence-electron chi connectivity index (χ3n) is 3.31. The molecular weight excluding hydrogens is 228 g/mol. The van der Waals surface area contributed by atoms with E-state index in [1.165, 1.54) is 6.42 Å². The molecule has 0 spiro atoms. The Bertz CT molecular complexity index is 299. The van der Waals surface area contributed by atoms with Crippen LogP contribution in [0.3, 0.4) is 0 Å². The lowest BCUT2D eigenvalue weighted by atomic mass is 9.85. The quantitative estimate of drug-likeness (QED) is 0.837. The lowest BCUT2D eigenvalue weighted by Crippen LogP contribution is -2.48. The zero-order valence-electron chi connectivity index (χ0n) is 11.5. The standard InChI is InChI=1S/C14H24N2O2/c1-12(2)10-18-13(17)16-14(11-15)8-6-4-3-5-7-9-14/h12H,3-10H2,1-2H3,(H,16,17). The van der Waals surface area contributed by atoms with Gasteiger partial charge in [-0.3, -0.25) is 0 Å². The van der Waals surface area contributed by atoms with Crippen LogP contribution in [-0.2, 0) is 4.74 Å². The minimum Gasteiger partial charge on any atom is -0.449 e. The van der Waals surface area contributed by atoms with Crippen molar-refractivity contribution in [3.63, 3.8) is 0 Å². The molecule has 1 aliphatic carbocycles. The number of carbonyl (C=O) groups is 1. The summed E-state index contributed by atoms with van der Waals surface area (Å²) in [6, 6.07) is 2.29. The average Bonchev–Trinajstić information content (AvgIpc) is 2.30. The molecule has 0 aromatic carbocycles. The molecule has 0 bridgehead atoms. The third kappa shape index (κ3) is 4.95. The van der Waals surface area contributed by atoms with Crippen LogP contribution >= 0.6 is 0 Å². The summed E-state index contributed by atoms with van der Waals surface area (Å²) >= 11 is 0. The van der Waals surface area contributed by atoms with E-state index >= 15 is 0 Å². The molecule has 0 saturated heterocycles. The van der Waals surface area contributed by atoms with Crippen LogP contribution in [0.1, 0.15) is 58.8 Å². The first-order valence-electron chi connectivity index (χ1n) is 6.94. The van der Waals surface area contributed by atoms with Gasteiger partial charge in [-0.2, -0.15) is 5.26 Å². The molecule has 0 unspecified atom stereocenters. The molecule has 1 N–H and O–H groups in total. The maximum Gasteiger partial charge on any atom is 0.408 e. The first-order valence-corrected chi connectivity index (χ1v) is 6.94. The molecule has 0 aromatic heterocycles. The summed E-state index contributed by atoms with van der Waals surface area (Å²) in [5, 5.41) is 12.1. The minimum atomic E-state index is -0.714. The highest BCUT2D eigenvalue weighted by Gasteiger charge is 2.32. The maximum atomic E-state index is 11.7. The van der Waals surface area contributed by atoms with Gasteiger partial charge in [-0.15, -0.1) is 0 Å². The number of nitrogens with one attached hydrogen (secondary N) is 1. The van der Waals surface area contributed by atoms with Gasteiger partial charge in [-0.25, -0.2) is 4.79 Å². The summed E-state index contributed by atoms with van der Waals surface area (Å²) in [6.07, 6.45) is 6.54. The molecule has 1 rings (SSSR count). The fourth-order valence-electron chi connectivity index (χ4n) is 2.25. The number of hydrogen-bond acceptors (Lipinski definition) is 3. The molecule has 4 heteroatoms. The van der Waals surface area contributed by atoms with Crippen LogP contribution in [0.2, 0.25) is 0 Å². The Morgan fingerprint density at radius 3 is 2.33 bits per heavy atom. The summed E-state index contributed by atoms with van der Waals surface area (Å²) < 4.78 is 5.10. The number of alkyl carbamates (subject to hydrolysis) is 1. The van der Waals surface area contributed by atoms with E-state index in [2.05, 4.69) is 11.4 Å². The van der Waals surface area contributed by atoms with Crippen molar-refractivity contribution >= 4 is 6.09 Å². The van der Waals surface area contributed by atoms with Crippen molar-refractivity contribution in [1.82, 2.24) is 5.32 Å². The monoisotopic (exact) mass is 252 g/mol. The smallest absolute Gasteiger partial charge is 0.408 e. The average molecular weight is 252 g/mol. The number of hydrogen-bond donors (Lipinski definition) is 1. The Morgan fingerprint density at radius 1 is 1.28 bits per heavy atom. The second-order valence-corrected chi connectivity index (χ2v) is 5.58. The van der Waals surface area contributed by atoms with E-state index in [1.54, 1.807) is 0 Å². The minimum absolute atomic E-state index is 0.311. The van der Waals surface area contributed by atoms with Crippen LogP contribution in [0.4, 0.5) is 4.79 Å². The van der Waals surface area contributed by atoms with Gasteiger partial charge in [0.25, 0.3) is 0 Å². The van der Waals surface area contributed by atoms with Gasteiger partial charge in [0.1, 0.15) is 5.54 Å². The van der Waals surface area contributed by atoms with Crippen LogP contribution in [0, 0.1) is 17.2 Å². The van der Waals surface area contributed by atoms with Gasteiger partial charge in [0.05, 0.1) is 12.7 Å². The summed E-state index contributed by atoms with van der Waals surface area (Å²) in [6.45, 7) is 4.37. The summed E-state index contributed by atoms with van der Waals surface area (Å²) in [4.78, 5) is 11.7. The largest absolute Gasteiger partial charge is 0.449 e. The Labute approximate surface area is 110 Å². The van der Waals surface area contributed by atoms with Crippen molar-refractivity contribution in [1.29, 1.82) is 5.26 Å².